The van der Waals surface area contributed by atoms with Crippen LogP contribution in [0.5, 0.6) is 0 Å². The van der Waals surface area contributed by atoms with E-state index in [1.54, 1.807) is 0 Å². The summed E-state index contributed by atoms with van der Waals surface area (Å²) in [6.07, 6.45) is 1.01. The molecule has 2 aromatic carbocycles. The molecule has 2 aromatic rings. The molecule has 2 fully saturated rings. The number of rotatable bonds is 2. The predicted octanol–water partition coefficient (Wildman–Crippen LogP) is 3.19. The first-order valence-corrected chi connectivity index (χ1v) is 8.24. The maximum absolute atomic E-state index is 12.7. The molecule has 1 aliphatic carbocycles. The first-order chi connectivity index (χ1) is 10.7. The van der Waals surface area contributed by atoms with Gasteiger partial charge in [0.2, 0.25) is 5.91 Å². The van der Waals surface area contributed by atoms with Crippen molar-refractivity contribution in [3.05, 3.63) is 48.0 Å². The molecule has 0 aromatic heterocycles. The Hall–Kier alpha value is -1.58. The lowest BCUT2D eigenvalue weighted by atomic mass is 10.0. The van der Waals surface area contributed by atoms with Gasteiger partial charge in [-0.25, -0.2) is 0 Å². The fourth-order valence-corrected chi connectivity index (χ4v) is 3.66. The van der Waals surface area contributed by atoms with Gasteiger partial charge in [-0.1, -0.05) is 42.5 Å². The highest BCUT2D eigenvalue weighted by Crippen LogP contribution is 2.49. The summed E-state index contributed by atoms with van der Waals surface area (Å²) >= 11 is 0. The summed E-state index contributed by atoms with van der Waals surface area (Å²) in [5, 5.41) is 5.89. The van der Waals surface area contributed by atoms with Crippen LogP contribution in [0.25, 0.3) is 10.8 Å². The van der Waals surface area contributed by atoms with Gasteiger partial charge in [0.1, 0.15) is 0 Å². The number of amides is 1. The topological polar surface area (TPSA) is 32.3 Å². The standard InChI is InChI=1S/C19H22N2O.ClH/c1-13-12-20-8-9-21(13)19(22)18-11-17(18)16-7-6-14-4-2-3-5-15(14)10-16;/h2-7,10,13,17-18,20H,8-9,11-12H2,1H3;1H/t13-,17?,18?;/m1./s1. The Morgan fingerprint density at radius 3 is 2.74 bits per heavy atom. The molecule has 4 rings (SSSR count). The van der Waals surface area contributed by atoms with Crippen LogP contribution in [0.2, 0.25) is 0 Å². The van der Waals surface area contributed by atoms with E-state index in [0.717, 1.165) is 26.1 Å². The van der Waals surface area contributed by atoms with Gasteiger partial charge in [0.05, 0.1) is 0 Å². The Morgan fingerprint density at radius 2 is 1.96 bits per heavy atom. The molecular weight excluding hydrogens is 308 g/mol. The summed E-state index contributed by atoms with van der Waals surface area (Å²) in [7, 11) is 0. The molecule has 1 heterocycles. The van der Waals surface area contributed by atoms with Gasteiger partial charge in [-0.05, 0) is 35.6 Å². The second kappa shape index (κ2) is 6.50. The molecular formula is C19H23ClN2O. The van der Waals surface area contributed by atoms with Crippen LogP contribution >= 0.6 is 12.4 Å². The van der Waals surface area contributed by atoms with Crippen LogP contribution in [0.3, 0.4) is 0 Å². The SMILES string of the molecule is C[C@@H]1CNCCN1C(=O)C1CC1c1ccc2ccccc2c1.Cl. The first kappa shape index (κ1) is 16.3. The minimum Gasteiger partial charge on any atom is -0.337 e. The summed E-state index contributed by atoms with van der Waals surface area (Å²) in [5.41, 5.74) is 1.32. The molecule has 122 valence electrons. The molecule has 3 nitrogen and oxygen atoms in total. The van der Waals surface area contributed by atoms with Crippen molar-refractivity contribution in [1.29, 1.82) is 0 Å². The van der Waals surface area contributed by atoms with Crippen molar-refractivity contribution in [1.82, 2.24) is 10.2 Å². The molecule has 2 aliphatic rings. The van der Waals surface area contributed by atoms with Crippen LogP contribution in [-0.4, -0.2) is 36.5 Å². The molecule has 1 aliphatic heterocycles. The number of halogens is 1. The van der Waals surface area contributed by atoms with Gasteiger partial charge in [0.25, 0.3) is 0 Å². The molecule has 1 amide bonds. The van der Waals surface area contributed by atoms with Crippen molar-refractivity contribution in [2.45, 2.75) is 25.3 Å². The maximum Gasteiger partial charge on any atom is 0.226 e. The van der Waals surface area contributed by atoms with E-state index in [-0.39, 0.29) is 18.3 Å². The number of fused-ring (bicyclic) bond motifs is 1. The van der Waals surface area contributed by atoms with E-state index in [0.29, 0.717) is 17.9 Å². The van der Waals surface area contributed by atoms with Crippen molar-refractivity contribution in [3.63, 3.8) is 0 Å². The van der Waals surface area contributed by atoms with E-state index in [1.807, 2.05) is 0 Å². The van der Waals surface area contributed by atoms with Gasteiger partial charge >= 0.3 is 0 Å². The lowest BCUT2D eigenvalue weighted by Gasteiger charge is -2.34. The van der Waals surface area contributed by atoms with Crippen LogP contribution in [0.15, 0.2) is 42.5 Å². The third-order valence-corrected chi connectivity index (χ3v) is 5.09. The maximum atomic E-state index is 12.7. The van der Waals surface area contributed by atoms with Crippen molar-refractivity contribution >= 4 is 29.1 Å². The van der Waals surface area contributed by atoms with Crippen LogP contribution in [0.4, 0.5) is 0 Å². The second-order valence-electron chi connectivity index (χ2n) is 6.64. The quantitative estimate of drug-likeness (QED) is 0.917. The van der Waals surface area contributed by atoms with Crippen LogP contribution in [0, 0.1) is 5.92 Å². The van der Waals surface area contributed by atoms with Gasteiger partial charge < -0.3 is 10.2 Å². The van der Waals surface area contributed by atoms with Crippen LogP contribution in [-0.2, 0) is 4.79 Å². The third kappa shape index (κ3) is 3.08. The molecule has 0 spiro atoms. The second-order valence-corrected chi connectivity index (χ2v) is 6.64. The van der Waals surface area contributed by atoms with Gasteiger partial charge in [-0.15, -0.1) is 12.4 Å². The molecule has 23 heavy (non-hydrogen) atoms. The largest absolute Gasteiger partial charge is 0.337 e. The van der Waals surface area contributed by atoms with E-state index >= 15 is 0 Å². The van der Waals surface area contributed by atoms with Gasteiger partial charge in [-0.2, -0.15) is 0 Å². The van der Waals surface area contributed by atoms with E-state index in [1.165, 1.54) is 16.3 Å². The molecule has 2 unspecified atom stereocenters. The van der Waals surface area contributed by atoms with Gasteiger partial charge in [-0.3, -0.25) is 4.79 Å². The Morgan fingerprint density at radius 1 is 1.17 bits per heavy atom. The predicted molar refractivity (Wildman–Crippen MR) is 96.1 cm³/mol. The highest BCUT2D eigenvalue weighted by atomic mass is 35.5. The number of hydrogen-bond acceptors (Lipinski definition) is 2. The number of nitrogens with zero attached hydrogens (tertiary/aromatic N) is 1. The van der Waals surface area contributed by atoms with E-state index in [2.05, 4.69) is 59.6 Å². The average molecular weight is 331 g/mol. The number of nitrogens with one attached hydrogen (secondary N) is 1. The van der Waals surface area contributed by atoms with E-state index < -0.39 is 0 Å². The Labute approximate surface area is 143 Å². The minimum absolute atomic E-state index is 0. The first-order valence-electron chi connectivity index (χ1n) is 8.24. The van der Waals surface area contributed by atoms with Gasteiger partial charge in [0, 0.05) is 31.6 Å². The van der Waals surface area contributed by atoms with Crippen molar-refractivity contribution in [2.24, 2.45) is 5.92 Å². The number of hydrogen-bond donors (Lipinski definition) is 1. The highest BCUT2D eigenvalue weighted by Gasteiger charge is 2.46. The third-order valence-electron chi connectivity index (χ3n) is 5.09. The monoisotopic (exact) mass is 330 g/mol. The molecule has 1 N–H and O–H groups in total. The number of piperazine rings is 1. The molecule has 1 saturated carbocycles. The Balaban J connectivity index is 0.00000156. The van der Waals surface area contributed by atoms with Crippen LogP contribution < -0.4 is 5.32 Å². The lowest BCUT2D eigenvalue weighted by molar-refractivity contribution is -0.135. The van der Waals surface area contributed by atoms with Crippen molar-refractivity contribution in [3.8, 4) is 0 Å². The normalized spacial score (nSPS) is 26.7. The number of carbonyl (C=O) groups is 1. The fourth-order valence-electron chi connectivity index (χ4n) is 3.66. The molecule has 4 heteroatoms. The zero-order chi connectivity index (χ0) is 15.1. The average Bonchev–Trinajstić information content (AvgIpc) is 3.35. The van der Waals surface area contributed by atoms with E-state index in [9.17, 15) is 4.79 Å². The number of benzene rings is 2. The van der Waals surface area contributed by atoms with Crippen molar-refractivity contribution < 1.29 is 4.79 Å². The summed E-state index contributed by atoms with van der Waals surface area (Å²) in [6, 6.07) is 15.4. The highest BCUT2D eigenvalue weighted by molar-refractivity contribution is 5.86. The van der Waals surface area contributed by atoms with E-state index in [4.69, 9.17) is 0 Å². The molecule has 1 saturated heterocycles. The summed E-state index contributed by atoms with van der Waals surface area (Å²) in [6.45, 7) is 4.82. The molecule has 0 bridgehead atoms. The zero-order valence-electron chi connectivity index (χ0n) is 13.4. The summed E-state index contributed by atoms with van der Waals surface area (Å²) < 4.78 is 0. The zero-order valence-corrected chi connectivity index (χ0v) is 14.2. The minimum atomic E-state index is 0. The van der Waals surface area contributed by atoms with Crippen LogP contribution in [0.1, 0.15) is 24.8 Å². The van der Waals surface area contributed by atoms with Gasteiger partial charge in [0.15, 0.2) is 0 Å². The summed E-state index contributed by atoms with van der Waals surface area (Å²) in [4.78, 5) is 14.8. The Kier molecular flexibility index (Phi) is 4.60. The fraction of sp³-hybridized carbons (Fsp3) is 0.421. The summed E-state index contributed by atoms with van der Waals surface area (Å²) in [5.74, 6) is 0.966. The van der Waals surface area contributed by atoms with Crippen molar-refractivity contribution in [2.75, 3.05) is 19.6 Å². The molecule has 3 atom stereocenters. The smallest absolute Gasteiger partial charge is 0.226 e. The molecule has 0 radical (unpaired) electrons. The lowest BCUT2D eigenvalue weighted by Crippen LogP contribution is -2.52. The Bertz CT molecular complexity index is 717. The number of carbonyl (C=O) groups excluding carboxylic acids is 1.